The largest absolute Gasteiger partial charge is 0.493 e. The fraction of sp³-hybridized carbons (Fsp3) is 0.333. The van der Waals surface area contributed by atoms with Crippen molar-refractivity contribution in [1.29, 1.82) is 0 Å². The molecule has 1 aromatic heterocycles. The summed E-state index contributed by atoms with van der Waals surface area (Å²) in [6, 6.07) is 7.08. The molecule has 0 aliphatic carbocycles. The number of alkyl halides is 3. The highest BCUT2D eigenvalue weighted by atomic mass is 19.4. The zero-order valence-corrected chi connectivity index (χ0v) is 14.6. The van der Waals surface area contributed by atoms with Gasteiger partial charge >= 0.3 is 6.18 Å². The number of hydrogen-bond donors (Lipinski definition) is 0. The molecule has 144 valence electrons. The van der Waals surface area contributed by atoms with Gasteiger partial charge < -0.3 is 19.1 Å². The van der Waals surface area contributed by atoms with Gasteiger partial charge in [-0.3, -0.25) is 4.79 Å². The molecule has 2 heterocycles. The van der Waals surface area contributed by atoms with Crippen molar-refractivity contribution in [2.24, 2.45) is 0 Å². The van der Waals surface area contributed by atoms with Crippen LogP contribution in [0, 0.1) is 0 Å². The second-order valence-corrected chi connectivity index (χ2v) is 5.87. The number of benzene rings is 1. The molecule has 0 atom stereocenters. The summed E-state index contributed by atoms with van der Waals surface area (Å²) in [6.07, 6.45) is -4.06. The molecule has 1 fully saturated rings. The summed E-state index contributed by atoms with van der Waals surface area (Å²) in [6.45, 7) is 0.587. The first-order valence-corrected chi connectivity index (χ1v) is 8.03. The Labute approximate surface area is 153 Å². The molecule has 0 N–H and O–H groups in total. The van der Waals surface area contributed by atoms with Crippen LogP contribution >= 0.6 is 0 Å². The Kier molecular flexibility index (Phi) is 5.11. The second kappa shape index (κ2) is 7.34. The van der Waals surface area contributed by atoms with E-state index in [1.807, 2.05) is 0 Å². The zero-order chi connectivity index (χ0) is 19.6. The van der Waals surface area contributed by atoms with Crippen molar-refractivity contribution in [2.45, 2.75) is 12.3 Å². The van der Waals surface area contributed by atoms with Gasteiger partial charge in [-0.25, -0.2) is 4.98 Å². The number of para-hydroxylation sites is 1. The van der Waals surface area contributed by atoms with E-state index in [1.54, 1.807) is 23.1 Å². The number of carbonyl (C=O) groups is 1. The second-order valence-electron chi connectivity index (χ2n) is 5.87. The summed E-state index contributed by atoms with van der Waals surface area (Å²) < 4.78 is 53.6. The number of nitrogens with zero attached hydrogens (tertiary/aromatic N) is 2. The number of likely N-dealkylation sites (tertiary alicyclic amines) is 1. The van der Waals surface area contributed by atoms with Gasteiger partial charge in [0.25, 0.3) is 5.91 Å². The van der Waals surface area contributed by atoms with Gasteiger partial charge in [-0.2, -0.15) is 13.2 Å². The Morgan fingerprint density at radius 1 is 1.15 bits per heavy atom. The maximum atomic E-state index is 12.6. The van der Waals surface area contributed by atoms with Gasteiger partial charge in [0.1, 0.15) is 6.10 Å². The van der Waals surface area contributed by atoms with Gasteiger partial charge in [0.05, 0.1) is 38.4 Å². The molecule has 6 nitrogen and oxygen atoms in total. The molecule has 1 aromatic carbocycles. The molecule has 2 aromatic rings. The highest BCUT2D eigenvalue weighted by Crippen LogP contribution is 2.33. The number of hydrogen-bond acceptors (Lipinski definition) is 5. The van der Waals surface area contributed by atoms with Crippen molar-refractivity contribution in [2.75, 3.05) is 27.3 Å². The lowest BCUT2D eigenvalue weighted by Crippen LogP contribution is -2.56. The van der Waals surface area contributed by atoms with Crippen molar-refractivity contribution in [3.8, 4) is 17.4 Å². The maximum Gasteiger partial charge on any atom is 0.417 e. The van der Waals surface area contributed by atoms with Gasteiger partial charge in [0.2, 0.25) is 5.88 Å². The fourth-order valence-corrected chi connectivity index (χ4v) is 2.69. The van der Waals surface area contributed by atoms with Gasteiger partial charge in [0, 0.05) is 12.3 Å². The number of methoxy groups -OCH3 is 2. The molecule has 0 saturated carbocycles. The van der Waals surface area contributed by atoms with E-state index in [2.05, 4.69) is 4.98 Å². The molecule has 1 aliphatic heterocycles. The Morgan fingerprint density at radius 2 is 1.89 bits per heavy atom. The van der Waals surface area contributed by atoms with Crippen LogP contribution in [0.3, 0.4) is 0 Å². The van der Waals surface area contributed by atoms with Gasteiger partial charge in [-0.1, -0.05) is 6.07 Å². The first-order valence-electron chi connectivity index (χ1n) is 8.03. The summed E-state index contributed by atoms with van der Waals surface area (Å²) in [4.78, 5) is 17.8. The third kappa shape index (κ3) is 3.91. The minimum Gasteiger partial charge on any atom is -0.493 e. The van der Waals surface area contributed by atoms with E-state index >= 15 is 0 Å². The van der Waals surface area contributed by atoms with Crippen LogP contribution in [0.25, 0.3) is 0 Å². The minimum absolute atomic E-state index is 0.0825. The highest BCUT2D eigenvalue weighted by molar-refractivity contribution is 5.98. The minimum atomic E-state index is -4.44. The summed E-state index contributed by atoms with van der Waals surface area (Å²) >= 11 is 0. The molecular formula is C18H17F3N2O4. The number of rotatable bonds is 5. The number of halogens is 3. The quantitative estimate of drug-likeness (QED) is 0.796. The van der Waals surface area contributed by atoms with Crippen LogP contribution in [0.1, 0.15) is 15.9 Å². The van der Waals surface area contributed by atoms with Crippen LogP contribution in [-0.4, -0.2) is 49.2 Å². The molecule has 0 unspecified atom stereocenters. The van der Waals surface area contributed by atoms with E-state index in [9.17, 15) is 18.0 Å². The van der Waals surface area contributed by atoms with Crippen molar-refractivity contribution in [1.82, 2.24) is 9.88 Å². The van der Waals surface area contributed by atoms with E-state index in [0.29, 0.717) is 30.2 Å². The zero-order valence-electron chi connectivity index (χ0n) is 14.6. The molecular weight excluding hydrogens is 365 g/mol. The smallest absolute Gasteiger partial charge is 0.417 e. The number of amides is 1. The predicted molar refractivity (Wildman–Crippen MR) is 89.1 cm³/mol. The Hall–Kier alpha value is -2.97. The molecule has 0 radical (unpaired) electrons. The Bertz CT molecular complexity index is 818. The van der Waals surface area contributed by atoms with Gasteiger partial charge in [-0.05, 0) is 18.2 Å². The van der Waals surface area contributed by atoms with Crippen LogP contribution in [0.4, 0.5) is 13.2 Å². The topological polar surface area (TPSA) is 60.9 Å². The maximum absolute atomic E-state index is 12.6. The molecule has 27 heavy (non-hydrogen) atoms. The summed E-state index contributed by atoms with van der Waals surface area (Å²) in [5.41, 5.74) is -0.478. The van der Waals surface area contributed by atoms with Crippen LogP contribution in [-0.2, 0) is 6.18 Å². The van der Waals surface area contributed by atoms with Gasteiger partial charge in [-0.15, -0.1) is 0 Å². The SMILES string of the molecule is COc1cccc(C(=O)N2CC(Oc3ccc(C(F)(F)F)cn3)C2)c1OC. The van der Waals surface area contributed by atoms with E-state index in [0.717, 1.165) is 12.3 Å². The molecule has 1 saturated heterocycles. The normalized spacial score (nSPS) is 14.5. The average Bonchev–Trinajstić information content (AvgIpc) is 2.62. The van der Waals surface area contributed by atoms with Crippen LogP contribution in [0.2, 0.25) is 0 Å². The van der Waals surface area contributed by atoms with E-state index < -0.39 is 11.7 Å². The van der Waals surface area contributed by atoms with E-state index in [-0.39, 0.29) is 17.9 Å². The molecule has 1 amide bonds. The first-order chi connectivity index (χ1) is 12.8. The lowest BCUT2D eigenvalue weighted by Gasteiger charge is -2.38. The first kappa shape index (κ1) is 18.8. The monoisotopic (exact) mass is 382 g/mol. The lowest BCUT2D eigenvalue weighted by molar-refractivity contribution is -0.137. The highest BCUT2D eigenvalue weighted by Gasteiger charge is 2.35. The average molecular weight is 382 g/mol. The van der Waals surface area contributed by atoms with Crippen molar-refractivity contribution < 1.29 is 32.2 Å². The van der Waals surface area contributed by atoms with Crippen LogP contribution in [0.5, 0.6) is 17.4 Å². The molecule has 0 spiro atoms. The third-order valence-electron chi connectivity index (χ3n) is 4.12. The van der Waals surface area contributed by atoms with Crippen LogP contribution < -0.4 is 14.2 Å². The summed E-state index contributed by atoms with van der Waals surface area (Å²) in [7, 11) is 2.93. The summed E-state index contributed by atoms with van der Waals surface area (Å²) in [5, 5.41) is 0. The molecule has 0 bridgehead atoms. The van der Waals surface area contributed by atoms with Gasteiger partial charge in [0.15, 0.2) is 11.5 Å². The van der Waals surface area contributed by atoms with Crippen LogP contribution in [0.15, 0.2) is 36.5 Å². The lowest BCUT2D eigenvalue weighted by atomic mass is 10.1. The number of pyridine rings is 1. The standard InChI is InChI=1S/C18H17F3N2O4/c1-25-14-5-3-4-13(16(14)26-2)17(24)23-9-12(10-23)27-15-7-6-11(8-22-15)18(19,20)21/h3-8,12H,9-10H2,1-2H3. The van der Waals surface area contributed by atoms with E-state index in [1.165, 1.54) is 20.3 Å². The summed E-state index contributed by atoms with van der Waals surface area (Å²) in [5.74, 6) is 0.634. The Balaban J connectivity index is 1.60. The Morgan fingerprint density at radius 3 is 2.44 bits per heavy atom. The van der Waals surface area contributed by atoms with Crippen molar-refractivity contribution in [3.63, 3.8) is 0 Å². The molecule has 9 heteroatoms. The van der Waals surface area contributed by atoms with Crippen molar-refractivity contribution >= 4 is 5.91 Å². The number of ether oxygens (including phenoxy) is 3. The fourth-order valence-electron chi connectivity index (χ4n) is 2.69. The predicted octanol–water partition coefficient (Wildman–Crippen LogP) is 3.02. The molecule has 1 aliphatic rings. The number of aromatic nitrogens is 1. The third-order valence-corrected chi connectivity index (χ3v) is 4.12. The van der Waals surface area contributed by atoms with Crippen molar-refractivity contribution in [3.05, 3.63) is 47.7 Å². The number of carbonyl (C=O) groups excluding carboxylic acids is 1. The molecule has 3 rings (SSSR count). The van der Waals surface area contributed by atoms with E-state index in [4.69, 9.17) is 14.2 Å².